The van der Waals surface area contributed by atoms with Gasteiger partial charge >= 0.3 is 0 Å². The summed E-state index contributed by atoms with van der Waals surface area (Å²) in [6.45, 7) is 3.71. The first-order valence-corrected chi connectivity index (χ1v) is 5.82. The monoisotopic (exact) mass is 238 g/mol. The second-order valence-corrected chi connectivity index (χ2v) is 4.96. The fourth-order valence-electron chi connectivity index (χ4n) is 1.99. The average Bonchev–Trinajstić information content (AvgIpc) is 2.70. The maximum Gasteiger partial charge on any atom is 0.144 e. The van der Waals surface area contributed by atoms with Crippen molar-refractivity contribution in [3.63, 3.8) is 0 Å². The molecule has 0 bridgehead atoms. The minimum atomic E-state index is -0.230. The normalized spacial score (nSPS) is 24.6. The van der Waals surface area contributed by atoms with Gasteiger partial charge in [-0.25, -0.2) is 0 Å². The van der Waals surface area contributed by atoms with Crippen molar-refractivity contribution in [1.82, 2.24) is 10.3 Å². The topological polar surface area (TPSA) is 42.0 Å². The molecule has 1 N–H and O–H groups in total. The Balaban J connectivity index is 2.10. The summed E-state index contributed by atoms with van der Waals surface area (Å²) < 4.78 is 0. The number of hydrogen-bond acceptors (Lipinski definition) is 3. The van der Waals surface area contributed by atoms with Crippen LogP contribution in [0.2, 0.25) is 5.02 Å². The van der Waals surface area contributed by atoms with Gasteiger partial charge in [0, 0.05) is 30.8 Å². The van der Waals surface area contributed by atoms with Crippen molar-refractivity contribution in [2.24, 2.45) is 5.41 Å². The van der Waals surface area contributed by atoms with E-state index in [4.69, 9.17) is 11.6 Å². The van der Waals surface area contributed by atoms with Gasteiger partial charge in [0.1, 0.15) is 5.78 Å². The van der Waals surface area contributed by atoms with Crippen LogP contribution in [0.5, 0.6) is 0 Å². The van der Waals surface area contributed by atoms with Crippen molar-refractivity contribution in [2.45, 2.75) is 19.8 Å². The van der Waals surface area contributed by atoms with E-state index in [1.165, 1.54) is 0 Å². The number of pyridine rings is 1. The van der Waals surface area contributed by atoms with Crippen LogP contribution in [-0.2, 0) is 11.2 Å². The lowest BCUT2D eigenvalue weighted by Crippen LogP contribution is -2.31. The zero-order valence-corrected chi connectivity index (χ0v) is 10.0. The van der Waals surface area contributed by atoms with Gasteiger partial charge in [0.05, 0.1) is 5.02 Å². The lowest BCUT2D eigenvalue weighted by Gasteiger charge is -2.20. The van der Waals surface area contributed by atoms with E-state index in [9.17, 15) is 4.79 Å². The van der Waals surface area contributed by atoms with Crippen LogP contribution in [0, 0.1) is 5.41 Å². The van der Waals surface area contributed by atoms with E-state index in [1.807, 2.05) is 13.0 Å². The Kier molecular flexibility index (Phi) is 3.26. The van der Waals surface area contributed by atoms with Gasteiger partial charge in [0.25, 0.3) is 0 Å². The molecule has 86 valence electrons. The van der Waals surface area contributed by atoms with Crippen LogP contribution in [0.25, 0.3) is 0 Å². The molecule has 0 spiro atoms. The molecule has 2 heterocycles. The second kappa shape index (κ2) is 4.52. The van der Waals surface area contributed by atoms with Crippen LogP contribution in [0.3, 0.4) is 0 Å². The summed E-state index contributed by atoms with van der Waals surface area (Å²) in [5.41, 5.74) is 0.641. The third kappa shape index (κ3) is 2.25. The predicted molar refractivity (Wildman–Crippen MR) is 63.6 cm³/mol. The van der Waals surface area contributed by atoms with Gasteiger partial charge in [0.15, 0.2) is 0 Å². The molecular formula is C12H15ClN2O. The van der Waals surface area contributed by atoms with E-state index < -0.39 is 0 Å². The number of nitrogens with one attached hydrogen (secondary N) is 1. The molecule has 0 radical (unpaired) electrons. The number of Topliss-reactive ketones (excluding diaryl/α,β-unsaturated/α-hetero) is 1. The number of ketones is 1. The second-order valence-electron chi connectivity index (χ2n) is 4.55. The summed E-state index contributed by atoms with van der Waals surface area (Å²) in [5, 5.41) is 3.80. The van der Waals surface area contributed by atoms with E-state index in [0.717, 1.165) is 25.1 Å². The molecule has 3 nitrogen and oxygen atoms in total. The molecular weight excluding hydrogens is 224 g/mol. The molecule has 1 aromatic heterocycles. The number of carbonyl (C=O) groups excluding carboxylic acids is 1. The predicted octanol–water partition coefficient (Wildman–Crippen LogP) is 1.85. The molecule has 0 aromatic carbocycles. The first-order valence-electron chi connectivity index (χ1n) is 5.44. The van der Waals surface area contributed by atoms with Gasteiger partial charge in [-0.15, -0.1) is 0 Å². The van der Waals surface area contributed by atoms with Crippen LogP contribution in [0.4, 0.5) is 0 Å². The Morgan fingerprint density at radius 1 is 1.69 bits per heavy atom. The van der Waals surface area contributed by atoms with Crippen molar-refractivity contribution >= 4 is 17.4 Å². The Bertz CT molecular complexity index is 400. The number of rotatable bonds is 3. The van der Waals surface area contributed by atoms with Crippen LogP contribution in [0.1, 0.15) is 18.9 Å². The lowest BCUT2D eigenvalue weighted by atomic mass is 9.82. The van der Waals surface area contributed by atoms with Gasteiger partial charge in [-0.1, -0.05) is 18.5 Å². The average molecular weight is 239 g/mol. The van der Waals surface area contributed by atoms with Crippen molar-refractivity contribution in [3.05, 3.63) is 29.0 Å². The molecule has 4 heteroatoms. The van der Waals surface area contributed by atoms with E-state index in [2.05, 4.69) is 10.3 Å². The highest BCUT2D eigenvalue weighted by molar-refractivity contribution is 6.31. The highest BCUT2D eigenvalue weighted by Gasteiger charge is 2.35. The minimum Gasteiger partial charge on any atom is -0.316 e. The van der Waals surface area contributed by atoms with E-state index in [1.54, 1.807) is 12.4 Å². The first kappa shape index (κ1) is 11.6. The molecule has 1 aromatic rings. The standard InChI is InChI=1S/C12H15ClN2O/c1-12(3-5-15-8-12)11(16)6-9-2-4-14-7-10(9)13/h2,4,7,15H,3,5-6,8H2,1H3. The molecule has 16 heavy (non-hydrogen) atoms. The molecule has 1 saturated heterocycles. The SMILES string of the molecule is CC1(C(=O)Cc2ccncc2Cl)CCNC1. The van der Waals surface area contributed by atoms with Gasteiger partial charge in [-0.2, -0.15) is 0 Å². The largest absolute Gasteiger partial charge is 0.316 e. The van der Waals surface area contributed by atoms with E-state index >= 15 is 0 Å². The number of nitrogens with zero attached hydrogens (tertiary/aromatic N) is 1. The van der Waals surface area contributed by atoms with Crippen molar-refractivity contribution in [3.8, 4) is 0 Å². The molecule has 1 aliphatic rings. The fraction of sp³-hybridized carbons (Fsp3) is 0.500. The summed E-state index contributed by atoms with van der Waals surface area (Å²) >= 11 is 5.99. The molecule has 1 aliphatic heterocycles. The zero-order valence-electron chi connectivity index (χ0n) is 9.29. The van der Waals surface area contributed by atoms with E-state index in [-0.39, 0.29) is 11.2 Å². The lowest BCUT2D eigenvalue weighted by molar-refractivity contribution is -0.126. The summed E-state index contributed by atoms with van der Waals surface area (Å²) in [7, 11) is 0. The Morgan fingerprint density at radius 2 is 2.50 bits per heavy atom. The van der Waals surface area contributed by atoms with Crippen LogP contribution in [-0.4, -0.2) is 23.9 Å². The van der Waals surface area contributed by atoms with Gasteiger partial charge in [0.2, 0.25) is 0 Å². The van der Waals surface area contributed by atoms with Crippen molar-refractivity contribution in [1.29, 1.82) is 0 Å². The molecule has 1 unspecified atom stereocenters. The fourth-order valence-corrected chi connectivity index (χ4v) is 2.17. The zero-order chi connectivity index (χ0) is 11.6. The molecule has 0 saturated carbocycles. The molecule has 1 atom stereocenters. The highest BCUT2D eigenvalue weighted by Crippen LogP contribution is 2.28. The summed E-state index contributed by atoms with van der Waals surface area (Å²) in [4.78, 5) is 16.1. The Labute approximate surface area is 100 Å². The maximum absolute atomic E-state index is 12.2. The van der Waals surface area contributed by atoms with Crippen LogP contribution < -0.4 is 5.32 Å². The smallest absolute Gasteiger partial charge is 0.144 e. The number of carbonyl (C=O) groups is 1. The van der Waals surface area contributed by atoms with Crippen LogP contribution >= 0.6 is 11.6 Å². The molecule has 0 aliphatic carbocycles. The maximum atomic E-state index is 12.2. The number of hydrogen-bond donors (Lipinski definition) is 1. The molecule has 0 amide bonds. The summed E-state index contributed by atoms with van der Waals surface area (Å²) in [6.07, 6.45) is 4.57. The van der Waals surface area contributed by atoms with Gasteiger partial charge in [-0.05, 0) is 24.6 Å². The quantitative estimate of drug-likeness (QED) is 0.874. The molecule has 2 rings (SSSR count). The van der Waals surface area contributed by atoms with Crippen molar-refractivity contribution in [2.75, 3.05) is 13.1 Å². The molecule has 1 fully saturated rings. The van der Waals surface area contributed by atoms with Crippen molar-refractivity contribution < 1.29 is 4.79 Å². The number of halogens is 1. The third-order valence-electron chi connectivity index (χ3n) is 3.25. The Hall–Kier alpha value is -0.930. The number of aromatic nitrogens is 1. The van der Waals surface area contributed by atoms with Gasteiger partial charge < -0.3 is 5.32 Å². The summed E-state index contributed by atoms with van der Waals surface area (Å²) in [6, 6.07) is 1.81. The first-order chi connectivity index (χ1) is 7.62. The third-order valence-corrected chi connectivity index (χ3v) is 3.59. The Morgan fingerprint density at radius 3 is 3.12 bits per heavy atom. The van der Waals surface area contributed by atoms with E-state index in [0.29, 0.717) is 11.4 Å². The van der Waals surface area contributed by atoms with Gasteiger partial charge in [-0.3, -0.25) is 9.78 Å². The minimum absolute atomic E-state index is 0.230. The summed E-state index contributed by atoms with van der Waals surface area (Å²) in [5.74, 6) is 0.255. The highest BCUT2D eigenvalue weighted by atomic mass is 35.5. The van der Waals surface area contributed by atoms with Crippen LogP contribution in [0.15, 0.2) is 18.5 Å².